The molecule has 1 N–H and O–H groups in total. The number of nitrogens with one attached hydrogen (secondary N) is 1. The third-order valence-corrected chi connectivity index (χ3v) is 20.8. The SMILES string of the molecule is COCCOCCNc1c(F)c(F)c(F)c(F)c1F.COCCOCCS(=O)(=O)Oc1c(F)c(F)c(F)c(F)c1F.COCCOCCSc1c(F)c(F)c(F)c(F)c1F.Fc1c(F)c(F)c(-c2c(F)c(F)c(F)c(F)c2F)c(F)c1F.Fc1c(F)c(F)c(F)c(F)c1F.Fc1c(F)c(F)c(Sc2c(F)c(F)c(F)c(F)c2F)c(F)c1F.O=S(=O)(c1c(F)c(F)c(F)c(F)c1F)c1c(F)c(F)c(F)c(F)c1F. The van der Waals surface area contributed by atoms with E-state index in [9.17, 15) is 241 Å². The van der Waals surface area contributed by atoms with Crippen LogP contribution in [0.4, 0.5) is 230 Å². The van der Waals surface area contributed by atoms with E-state index < -0.39 is 388 Å². The van der Waals surface area contributed by atoms with Crippen molar-refractivity contribution in [3.05, 3.63) is 297 Å². The first-order valence-electron chi connectivity index (χ1n) is 34.9. The van der Waals surface area contributed by atoms with Crippen LogP contribution in [-0.4, -0.2) is 116 Å². The van der Waals surface area contributed by atoms with E-state index in [4.69, 9.17) is 18.9 Å². The van der Waals surface area contributed by atoms with Gasteiger partial charge in [0.2, 0.25) is 126 Å². The first kappa shape index (κ1) is 123. The fourth-order valence-electron chi connectivity index (χ4n) is 9.06. The van der Waals surface area contributed by atoms with Gasteiger partial charge in [-0.25, -0.2) is 224 Å². The fourth-order valence-corrected chi connectivity index (χ4v) is 13.1. The summed E-state index contributed by atoms with van der Waals surface area (Å²) in [5.74, 6) is -129. The van der Waals surface area contributed by atoms with Gasteiger partial charge in [-0.3, -0.25) is 0 Å². The molecule has 0 saturated carbocycles. The molecule has 0 unspecified atom stereocenters. The zero-order chi connectivity index (χ0) is 109. The molecule has 12 nitrogen and oxygen atoms in total. The Hall–Kier alpha value is -11.4. The molecular formula is C75H34F51NO11S4. The van der Waals surface area contributed by atoms with Gasteiger partial charge in [-0.15, -0.1) is 11.8 Å². The second-order valence-corrected chi connectivity index (χ2v) is 30.3. The number of hydrogen-bond acceptors (Lipinski definition) is 14. The van der Waals surface area contributed by atoms with E-state index in [0.717, 1.165) is 0 Å². The monoisotopic (exact) mass is 2220 g/mol. The van der Waals surface area contributed by atoms with E-state index in [1.54, 1.807) is 0 Å². The van der Waals surface area contributed by atoms with Crippen molar-refractivity contribution in [3.8, 4) is 16.9 Å². The number of rotatable bonds is 27. The van der Waals surface area contributed by atoms with Crippen LogP contribution in [0.5, 0.6) is 5.75 Å². The lowest BCUT2D eigenvalue weighted by Crippen LogP contribution is -2.20. The predicted molar refractivity (Wildman–Crippen MR) is 373 cm³/mol. The predicted octanol–water partition coefficient (Wildman–Crippen LogP) is 23.8. The van der Waals surface area contributed by atoms with Crippen LogP contribution in [-0.2, 0) is 48.4 Å². The summed E-state index contributed by atoms with van der Waals surface area (Å²) in [6, 6.07) is 0. The van der Waals surface area contributed by atoms with Gasteiger partial charge in [0.25, 0.3) is 0 Å². The molecule has 0 aliphatic carbocycles. The minimum Gasteiger partial charge on any atom is -0.382 e. The summed E-state index contributed by atoms with van der Waals surface area (Å²) in [7, 11) is -6.66. The summed E-state index contributed by atoms with van der Waals surface area (Å²) in [6.07, 6.45) is 0. The molecule has 0 aliphatic rings. The lowest BCUT2D eigenvalue weighted by Gasteiger charge is -2.12. The van der Waals surface area contributed by atoms with Crippen molar-refractivity contribution in [2.24, 2.45) is 0 Å². The lowest BCUT2D eigenvalue weighted by molar-refractivity contribution is 0.0758. The van der Waals surface area contributed by atoms with Crippen molar-refractivity contribution in [2.45, 2.75) is 24.5 Å². The summed E-state index contributed by atoms with van der Waals surface area (Å²) < 4.78 is 741. The van der Waals surface area contributed by atoms with Crippen LogP contribution in [0.15, 0.2) is 24.5 Å². The minimum absolute atomic E-state index is 0.0306. The van der Waals surface area contributed by atoms with E-state index in [-0.39, 0.29) is 51.9 Å². The van der Waals surface area contributed by atoms with Crippen LogP contribution in [0.3, 0.4) is 0 Å². The average Bonchev–Trinajstić information content (AvgIpc) is 0.735. The molecule has 0 bridgehead atoms. The van der Waals surface area contributed by atoms with Crippen LogP contribution >= 0.6 is 23.5 Å². The van der Waals surface area contributed by atoms with Gasteiger partial charge in [0.05, 0.1) is 85.3 Å². The Bertz CT molecular complexity index is 5970. The quantitative estimate of drug-likeness (QED) is 0.00991. The van der Waals surface area contributed by atoms with Gasteiger partial charge >= 0.3 is 10.1 Å². The van der Waals surface area contributed by atoms with Crippen LogP contribution in [0, 0.1) is 297 Å². The largest absolute Gasteiger partial charge is 0.382 e. The molecule has 0 heterocycles. The Morgan fingerprint density at radius 1 is 0.211 bits per heavy atom. The lowest BCUT2D eigenvalue weighted by atomic mass is 10.0. The first-order chi connectivity index (χ1) is 65.7. The Morgan fingerprint density at radius 2 is 0.408 bits per heavy atom. The maximum atomic E-state index is 13.5. The summed E-state index contributed by atoms with van der Waals surface area (Å²) >= 11 is -0.319. The van der Waals surface area contributed by atoms with Crippen LogP contribution < -0.4 is 9.50 Å². The molecule has 786 valence electrons. The van der Waals surface area contributed by atoms with Gasteiger partial charge < -0.3 is 37.9 Å². The molecule has 10 rings (SSSR count). The number of sulfone groups is 1. The summed E-state index contributed by atoms with van der Waals surface area (Å²) in [5.41, 5.74) is -5.58. The molecule has 67 heteroatoms. The van der Waals surface area contributed by atoms with Gasteiger partial charge in [-0.05, 0) is 0 Å². The van der Waals surface area contributed by atoms with Crippen molar-refractivity contribution >= 4 is 49.2 Å². The summed E-state index contributed by atoms with van der Waals surface area (Å²) in [6.45, 7) is 1.08. The number of hydrogen-bond donors (Lipinski definition) is 1. The highest BCUT2D eigenvalue weighted by Gasteiger charge is 2.43. The van der Waals surface area contributed by atoms with Gasteiger partial charge in [0, 0.05) is 33.6 Å². The minimum atomic E-state index is -6.38. The number of methoxy groups -OCH3 is 3. The average molecular weight is 2220 g/mol. The standard InChI is InChI=1S/C12F10O2S.C12F10S.C12F10.C11H12F5NO2.C11H11F5O5S.C11H11F5O2S.C6F6/c13-1-3(15)7(19)11(8(20)4(1)16)25(23,24)12-9(21)5(17)2(14)6(18)10(12)22;13-1-3(15)7(19)11(8(20)4(1)16)23-12-9(21)5(17)2(14)6(18)10(12)22;13-3-1(4(14)8(18)11(21)7(3)17)2-5(15)9(19)12(22)10(20)6(2)16;1-18-4-5-19-3-2-17-11-9(15)7(13)6(12)8(14)10(11)16;1-19-2-3-20-4-5-22(17,18)21-11-9(15)7(13)6(12)8(14)10(11)16;1-17-2-3-18-4-5-19-11-9(15)7(13)6(12)8(14)10(11)16;7-1-2(8)4(10)6(12)5(11)3(1)9/h;;;17H,2-5H2,1H3;2-5H2,1H3;2-5H2,1H3;. The number of halogens is 51. The Balaban J connectivity index is 0.000000348. The highest BCUT2D eigenvalue weighted by molar-refractivity contribution is 7.99. The number of anilines is 1. The maximum absolute atomic E-state index is 13.5. The van der Waals surface area contributed by atoms with Gasteiger partial charge in [-0.2, -0.15) is 17.2 Å². The first-order valence-corrected chi connectivity index (χ1v) is 39.8. The van der Waals surface area contributed by atoms with Gasteiger partial charge in [0.15, 0.2) is 186 Å². The molecule has 0 radical (unpaired) electrons. The van der Waals surface area contributed by atoms with Gasteiger partial charge in [-0.1, -0.05) is 11.8 Å². The molecule has 0 spiro atoms. The van der Waals surface area contributed by atoms with E-state index in [2.05, 4.69) is 19.0 Å². The fraction of sp³-hybridized carbons (Fsp3) is 0.200. The zero-order valence-corrected chi connectivity index (χ0v) is 70.7. The second kappa shape index (κ2) is 52.2. The molecule has 142 heavy (non-hydrogen) atoms. The molecule has 0 saturated heterocycles. The summed E-state index contributed by atoms with van der Waals surface area (Å²) in [4.78, 5) is -10.1. The maximum Gasteiger partial charge on any atom is 0.311 e. The molecule has 0 atom stereocenters. The smallest absolute Gasteiger partial charge is 0.311 e. The second-order valence-electron chi connectivity index (χ2n) is 24.7. The highest BCUT2D eigenvalue weighted by Crippen LogP contribution is 2.44. The van der Waals surface area contributed by atoms with Crippen LogP contribution in [0.25, 0.3) is 11.1 Å². The highest BCUT2D eigenvalue weighted by atomic mass is 32.2. The summed E-state index contributed by atoms with van der Waals surface area (Å²) in [5, 5.41) is 2.10. The Morgan fingerprint density at radius 3 is 0.655 bits per heavy atom. The normalized spacial score (nSPS) is 11.3. The number of thioether (sulfide) groups is 1. The number of ether oxygens (including phenoxy) is 6. The van der Waals surface area contributed by atoms with Crippen molar-refractivity contribution in [2.75, 3.05) is 104 Å². The van der Waals surface area contributed by atoms with Gasteiger partial charge in [0.1, 0.15) is 21.2 Å². The van der Waals surface area contributed by atoms with E-state index in [1.165, 1.54) is 21.3 Å². The van der Waals surface area contributed by atoms with Crippen LogP contribution in [0.1, 0.15) is 0 Å². The third-order valence-electron chi connectivity index (χ3n) is 15.8. The van der Waals surface area contributed by atoms with Crippen molar-refractivity contribution in [1.82, 2.24) is 0 Å². The van der Waals surface area contributed by atoms with Crippen molar-refractivity contribution in [3.63, 3.8) is 0 Å². The third kappa shape index (κ3) is 27.2. The molecule has 10 aromatic carbocycles. The molecule has 0 aliphatic heterocycles. The van der Waals surface area contributed by atoms with Crippen molar-refractivity contribution < 1.29 is 273 Å². The van der Waals surface area contributed by atoms with E-state index in [0.29, 0.717) is 25.0 Å². The van der Waals surface area contributed by atoms with Crippen molar-refractivity contribution in [1.29, 1.82) is 0 Å². The molecule has 0 fully saturated rings. The Labute approximate surface area is 762 Å². The zero-order valence-electron chi connectivity index (χ0n) is 67.4. The topological polar surface area (TPSA) is 145 Å². The van der Waals surface area contributed by atoms with Crippen LogP contribution in [0.2, 0.25) is 0 Å². The van der Waals surface area contributed by atoms with E-state index in [1.807, 2.05) is 0 Å². The Kier molecular flexibility index (Phi) is 45.2. The molecule has 10 aromatic rings. The number of benzene rings is 10. The molecule has 0 aromatic heterocycles. The van der Waals surface area contributed by atoms with E-state index >= 15 is 0 Å². The molecule has 0 amide bonds. The molecular weight excluding hydrogens is 2190 g/mol.